The summed E-state index contributed by atoms with van der Waals surface area (Å²) in [6.07, 6.45) is 0. The van der Waals surface area contributed by atoms with E-state index in [-0.39, 0.29) is 37.3 Å². The number of benzene rings is 2. The molecule has 4 rings (SSSR count). The summed E-state index contributed by atoms with van der Waals surface area (Å²) in [6, 6.07) is 6.81. The maximum atomic E-state index is 13.9. The van der Waals surface area contributed by atoms with Gasteiger partial charge in [0, 0.05) is 26.2 Å². The SMILES string of the molecule is CC(C(=O)N1CCN(C(=O)c2ccc(F)c(F)c2F)CC1)N1C(=O)c2ccccc2C1=O. The van der Waals surface area contributed by atoms with Crippen LogP contribution in [0.1, 0.15) is 38.0 Å². The second-order valence-electron chi connectivity index (χ2n) is 7.54. The largest absolute Gasteiger partial charge is 0.337 e. The number of rotatable bonds is 3. The predicted molar refractivity (Wildman–Crippen MR) is 105 cm³/mol. The van der Waals surface area contributed by atoms with Crippen molar-refractivity contribution >= 4 is 23.6 Å². The molecule has 0 saturated carbocycles. The molecule has 0 radical (unpaired) electrons. The van der Waals surface area contributed by atoms with Crippen LogP contribution in [-0.2, 0) is 4.79 Å². The van der Waals surface area contributed by atoms with Gasteiger partial charge >= 0.3 is 0 Å². The van der Waals surface area contributed by atoms with Gasteiger partial charge in [0.15, 0.2) is 17.5 Å². The third-order valence-corrected chi connectivity index (χ3v) is 5.71. The summed E-state index contributed by atoms with van der Waals surface area (Å²) in [5, 5.41) is 0. The van der Waals surface area contributed by atoms with Crippen LogP contribution in [0.3, 0.4) is 0 Å². The first-order chi connectivity index (χ1) is 15.2. The van der Waals surface area contributed by atoms with Gasteiger partial charge in [0.25, 0.3) is 17.7 Å². The second kappa shape index (κ2) is 8.10. The van der Waals surface area contributed by atoms with E-state index < -0.39 is 52.7 Å². The van der Waals surface area contributed by atoms with Gasteiger partial charge < -0.3 is 9.80 Å². The summed E-state index contributed by atoms with van der Waals surface area (Å²) in [6.45, 7) is 1.65. The van der Waals surface area contributed by atoms with Crippen molar-refractivity contribution in [3.05, 3.63) is 70.5 Å². The van der Waals surface area contributed by atoms with Crippen molar-refractivity contribution in [1.82, 2.24) is 14.7 Å². The summed E-state index contributed by atoms with van der Waals surface area (Å²) in [7, 11) is 0. The molecule has 1 saturated heterocycles. The molecule has 10 heteroatoms. The van der Waals surface area contributed by atoms with E-state index in [0.717, 1.165) is 11.0 Å². The van der Waals surface area contributed by atoms with Crippen molar-refractivity contribution in [1.29, 1.82) is 0 Å². The van der Waals surface area contributed by atoms with Gasteiger partial charge in [0.2, 0.25) is 5.91 Å². The van der Waals surface area contributed by atoms with Gasteiger partial charge in [0.1, 0.15) is 6.04 Å². The summed E-state index contributed by atoms with van der Waals surface area (Å²) >= 11 is 0. The van der Waals surface area contributed by atoms with Crippen molar-refractivity contribution in [3.8, 4) is 0 Å². The molecule has 32 heavy (non-hydrogen) atoms. The summed E-state index contributed by atoms with van der Waals surface area (Å²) in [5.74, 6) is -7.06. The van der Waals surface area contributed by atoms with Crippen molar-refractivity contribution in [2.45, 2.75) is 13.0 Å². The highest BCUT2D eigenvalue weighted by Crippen LogP contribution is 2.25. The van der Waals surface area contributed by atoms with E-state index in [1.54, 1.807) is 12.1 Å². The lowest BCUT2D eigenvalue weighted by atomic mass is 10.1. The Morgan fingerprint density at radius 1 is 0.812 bits per heavy atom. The van der Waals surface area contributed by atoms with Crippen LogP contribution in [0, 0.1) is 17.5 Å². The zero-order valence-electron chi connectivity index (χ0n) is 17.0. The third kappa shape index (κ3) is 3.41. The van der Waals surface area contributed by atoms with Crippen molar-refractivity contribution in [2.75, 3.05) is 26.2 Å². The highest BCUT2D eigenvalue weighted by atomic mass is 19.2. The van der Waals surface area contributed by atoms with Gasteiger partial charge in [-0.1, -0.05) is 12.1 Å². The van der Waals surface area contributed by atoms with E-state index in [2.05, 4.69) is 0 Å². The van der Waals surface area contributed by atoms with E-state index in [9.17, 15) is 32.3 Å². The lowest BCUT2D eigenvalue weighted by Gasteiger charge is -2.37. The fraction of sp³-hybridized carbons (Fsp3) is 0.273. The molecule has 2 aromatic rings. The maximum absolute atomic E-state index is 13.9. The van der Waals surface area contributed by atoms with E-state index in [4.69, 9.17) is 0 Å². The maximum Gasteiger partial charge on any atom is 0.262 e. The van der Waals surface area contributed by atoms with Gasteiger partial charge in [-0.2, -0.15) is 0 Å². The van der Waals surface area contributed by atoms with Crippen LogP contribution in [0.5, 0.6) is 0 Å². The number of fused-ring (bicyclic) bond motifs is 1. The Morgan fingerprint density at radius 2 is 1.34 bits per heavy atom. The van der Waals surface area contributed by atoms with Gasteiger partial charge in [-0.3, -0.25) is 24.1 Å². The molecule has 2 aliphatic heterocycles. The van der Waals surface area contributed by atoms with E-state index in [1.165, 1.54) is 28.9 Å². The molecule has 1 atom stereocenters. The number of amides is 4. The monoisotopic (exact) mass is 445 g/mol. The molecule has 0 aliphatic carbocycles. The van der Waals surface area contributed by atoms with Crippen LogP contribution < -0.4 is 0 Å². The number of carbonyl (C=O) groups is 4. The fourth-order valence-corrected chi connectivity index (χ4v) is 3.93. The van der Waals surface area contributed by atoms with E-state index in [0.29, 0.717) is 6.07 Å². The Labute approximate surface area is 181 Å². The van der Waals surface area contributed by atoms with Crippen molar-refractivity contribution < 1.29 is 32.3 Å². The Kier molecular flexibility index (Phi) is 5.45. The summed E-state index contributed by atoms with van der Waals surface area (Å²) in [5.41, 5.74) is -0.120. The normalized spacial score (nSPS) is 16.9. The first-order valence-electron chi connectivity index (χ1n) is 9.91. The summed E-state index contributed by atoms with van der Waals surface area (Å²) < 4.78 is 40.5. The molecular formula is C22H18F3N3O4. The standard InChI is InChI=1S/C22H18F3N3O4/c1-12(28-21(31)13-4-2-3-5-14(13)22(28)32)19(29)26-8-10-27(11-9-26)20(30)15-6-7-16(23)18(25)17(15)24/h2-7,12H,8-11H2,1H3. The number of piperazine rings is 1. The highest BCUT2D eigenvalue weighted by molar-refractivity contribution is 6.22. The van der Waals surface area contributed by atoms with Crippen LogP contribution in [-0.4, -0.2) is 70.5 Å². The van der Waals surface area contributed by atoms with Crippen LogP contribution in [0.25, 0.3) is 0 Å². The van der Waals surface area contributed by atoms with E-state index in [1.807, 2.05) is 0 Å². The Hall–Kier alpha value is -3.69. The lowest BCUT2D eigenvalue weighted by Crippen LogP contribution is -2.56. The van der Waals surface area contributed by atoms with Crippen LogP contribution in [0.2, 0.25) is 0 Å². The zero-order chi connectivity index (χ0) is 23.2. The highest BCUT2D eigenvalue weighted by Gasteiger charge is 2.42. The zero-order valence-corrected chi connectivity index (χ0v) is 17.0. The quantitative estimate of drug-likeness (QED) is 0.536. The molecule has 0 N–H and O–H groups in total. The lowest BCUT2D eigenvalue weighted by molar-refractivity contribution is -0.136. The Morgan fingerprint density at radius 3 is 1.91 bits per heavy atom. The minimum Gasteiger partial charge on any atom is -0.337 e. The topological polar surface area (TPSA) is 78.0 Å². The van der Waals surface area contributed by atoms with Crippen molar-refractivity contribution in [3.63, 3.8) is 0 Å². The van der Waals surface area contributed by atoms with E-state index >= 15 is 0 Å². The number of nitrogens with zero attached hydrogens (tertiary/aromatic N) is 3. The number of imide groups is 1. The van der Waals surface area contributed by atoms with Gasteiger partial charge in [-0.15, -0.1) is 0 Å². The molecule has 2 aromatic carbocycles. The predicted octanol–water partition coefficient (Wildman–Crippen LogP) is 2.07. The Balaban J connectivity index is 1.42. The minimum atomic E-state index is -1.72. The molecule has 0 bridgehead atoms. The summed E-state index contributed by atoms with van der Waals surface area (Å²) in [4.78, 5) is 54.2. The molecular weight excluding hydrogens is 427 g/mol. The molecule has 166 valence electrons. The average Bonchev–Trinajstić information content (AvgIpc) is 3.06. The third-order valence-electron chi connectivity index (χ3n) is 5.71. The van der Waals surface area contributed by atoms with Gasteiger partial charge in [-0.25, -0.2) is 13.2 Å². The molecule has 0 aromatic heterocycles. The number of hydrogen-bond donors (Lipinski definition) is 0. The first kappa shape index (κ1) is 21.5. The molecule has 2 aliphatic rings. The number of carbonyl (C=O) groups excluding carboxylic acids is 4. The fourth-order valence-electron chi connectivity index (χ4n) is 3.93. The first-order valence-corrected chi connectivity index (χ1v) is 9.91. The molecule has 1 fully saturated rings. The van der Waals surface area contributed by atoms with Crippen LogP contribution in [0.15, 0.2) is 36.4 Å². The Bertz CT molecular complexity index is 1110. The molecule has 7 nitrogen and oxygen atoms in total. The second-order valence-corrected chi connectivity index (χ2v) is 7.54. The van der Waals surface area contributed by atoms with Crippen LogP contribution >= 0.6 is 0 Å². The smallest absolute Gasteiger partial charge is 0.262 e. The number of halogens is 3. The van der Waals surface area contributed by atoms with Crippen molar-refractivity contribution in [2.24, 2.45) is 0 Å². The molecule has 2 heterocycles. The number of hydrogen-bond acceptors (Lipinski definition) is 4. The molecule has 1 unspecified atom stereocenters. The van der Waals surface area contributed by atoms with Crippen LogP contribution in [0.4, 0.5) is 13.2 Å². The van der Waals surface area contributed by atoms with Gasteiger partial charge in [0.05, 0.1) is 16.7 Å². The van der Waals surface area contributed by atoms with Gasteiger partial charge in [-0.05, 0) is 31.2 Å². The molecule has 0 spiro atoms. The average molecular weight is 445 g/mol. The minimum absolute atomic E-state index is 0.0256. The molecule has 4 amide bonds.